The zero-order valence-electron chi connectivity index (χ0n) is 12.9. The average Bonchev–Trinajstić information content (AvgIpc) is 2.48. The number of amides is 2. The number of halogens is 2. The van der Waals surface area contributed by atoms with E-state index in [2.05, 4.69) is 10.6 Å². The highest BCUT2D eigenvalue weighted by molar-refractivity contribution is 6.42. The number of rotatable bonds is 4. The molecule has 6 heteroatoms. The van der Waals surface area contributed by atoms with Crippen LogP contribution < -0.4 is 10.6 Å². The Hall–Kier alpha value is -1.75. The molecule has 0 atom stereocenters. The van der Waals surface area contributed by atoms with Crippen molar-refractivity contribution in [3.05, 3.63) is 63.6 Å². The highest BCUT2D eigenvalue weighted by Gasteiger charge is 2.15. The quantitative estimate of drug-likeness (QED) is 0.756. The van der Waals surface area contributed by atoms with Crippen molar-refractivity contribution in [1.82, 2.24) is 5.32 Å². The van der Waals surface area contributed by atoms with Crippen LogP contribution in [-0.2, 0) is 12.1 Å². The van der Waals surface area contributed by atoms with Crippen molar-refractivity contribution in [2.45, 2.75) is 26.0 Å². The Bertz CT molecular complexity index is 695. The lowest BCUT2D eigenvalue weighted by Crippen LogP contribution is -2.28. The van der Waals surface area contributed by atoms with Gasteiger partial charge in [-0.1, -0.05) is 47.5 Å². The van der Waals surface area contributed by atoms with Gasteiger partial charge in [0.15, 0.2) is 0 Å². The van der Waals surface area contributed by atoms with Gasteiger partial charge < -0.3 is 15.7 Å². The van der Waals surface area contributed by atoms with Crippen molar-refractivity contribution in [1.29, 1.82) is 0 Å². The minimum Gasteiger partial charge on any atom is -0.386 e. The molecule has 2 amide bonds. The van der Waals surface area contributed by atoms with Crippen LogP contribution in [0.2, 0.25) is 10.0 Å². The van der Waals surface area contributed by atoms with Crippen LogP contribution in [0.4, 0.5) is 10.5 Å². The third kappa shape index (κ3) is 5.13. The summed E-state index contributed by atoms with van der Waals surface area (Å²) in [7, 11) is 0. The first kappa shape index (κ1) is 17.6. The molecule has 0 aliphatic heterocycles. The molecule has 2 aromatic rings. The Balaban J connectivity index is 1.90. The number of urea groups is 1. The Labute approximate surface area is 145 Å². The van der Waals surface area contributed by atoms with Gasteiger partial charge in [-0.3, -0.25) is 0 Å². The molecule has 2 rings (SSSR count). The number of anilines is 1. The molecule has 0 saturated carbocycles. The summed E-state index contributed by atoms with van der Waals surface area (Å²) >= 11 is 11.7. The monoisotopic (exact) mass is 352 g/mol. The SMILES string of the molecule is CC(C)(O)c1ccc(CNC(=O)Nc2ccc(Cl)c(Cl)c2)cc1. The van der Waals surface area contributed by atoms with Crippen LogP contribution in [-0.4, -0.2) is 11.1 Å². The molecular weight excluding hydrogens is 335 g/mol. The molecular formula is C17H18Cl2N2O2. The molecule has 0 aliphatic carbocycles. The summed E-state index contributed by atoms with van der Waals surface area (Å²) in [6, 6.07) is 12.0. The molecule has 0 unspecified atom stereocenters. The van der Waals surface area contributed by atoms with E-state index in [1.807, 2.05) is 24.3 Å². The molecule has 3 N–H and O–H groups in total. The Kier molecular flexibility index (Phi) is 5.52. The van der Waals surface area contributed by atoms with Crippen molar-refractivity contribution in [3.63, 3.8) is 0 Å². The van der Waals surface area contributed by atoms with Crippen LogP contribution in [0.15, 0.2) is 42.5 Å². The second-order valence-corrected chi connectivity index (χ2v) is 6.51. The number of hydrogen-bond donors (Lipinski definition) is 3. The van der Waals surface area contributed by atoms with Crippen LogP contribution in [0.1, 0.15) is 25.0 Å². The average molecular weight is 353 g/mol. The van der Waals surface area contributed by atoms with E-state index >= 15 is 0 Å². The van der Waals surface area contributed by atoms with Gasteiger partial charge in [-0.2, -0.15) is 0 Å². The van der Waals surface area contributed by atoms with Crippen LogP contribution in [0.25, 0.3) is 0 Å². The maximum Gasteiger partial charge on any atom is 0.319 e. The smallest absolute Gasteiger partial charge is 0.319 e. The fourth-order valence-corrected chi connectivity index (χ4v) is 2.26. The van der Waals surface area contributed by atoms with E-state index in [4.69, 9.17) is 23.2 Å². The Morgan fingerprint density at radius 2 is 1.74 bits per heavy atom. The second-order valence-electron chi connectivity index (χ2n) is 5.69. The molecule has 23 heavy (non-hydrogen) atoms. The maximum atomic E-state index is 11.9. The first-order chi connectivity index (χ1) is 10.8. The van der Waals surface area contributed by atoms with E-state index in [0.29, 0.717) is 22.3 Å². The Morgan fingerprint density at radius 3 is 2.30 bits per heavy atom. The second kappa shape index (κ2) is 7.21. The van der Waals surface area contributed by atoms with Gasteiger partial charge in [-0.25, -0.2) is 4.79 Å². The van der Waals surface area contributed by atoms with Gasteiger partial charge in [0, 0.05) is 12.2 Å². The third-order valence-corrected chi connectivity index (χ3v) is 4.03. The lowest BCUT2D eigenvalue weighted by molar-refractivity contribution is 0.0786. The lowest BCUT2D eigenvalue weighted by Gasteiger charge is -2.18. The van der Waals surface area contributed by atoms with Crippen LogP contribution in [0, 0.1) is 0 Å². The molecule has 0 spiro atoms. The van der Waals surface area contributed by atoms with Crippen molar-refractivity contribution < 1.29 is 9.90 Å². The van der Waals surface area contributed by atoms with Gasteiger partial charge in [0.2, 0.25) is 0 Å². The van der Waals surface area contributed by atoms with Gasteiger partial charge in [-0.15, -0.1) is 0 Å². The highest BCUT2D eigenvalue weighted by atomic mass is 35.5. The zero-order valence-corrected chi connectivity index (χ0v) is 14.4. The van der Waals surface area contributed by atoms with E-state index < -0.39 is 5.60 Å². The molecule has 0 heterocycles. The molecule has 0 fully saturated rings. The molecule has 0 aliphatic rings. The zero-order chi connectivity index (χ0) is 17.0. The van der Waals surface area contributed by atoms with Crippen molar-refractivity contribution >= 4 is 34.9 Å². The number of aliphatic hydroxyl groups is 1. The topological polar surface area (TPSA) is 61.4 Å². The lowest BCUT2D eigenvalue weighted by atomic mass is 9.97. The number of carbonyl (C=O) groups excluding carboxylic acids is 1. The molecule has 122 valence electrons. The predicted molar refractivity (Wildman–Crippen MR) is 94.0 cm³/mol. The predicted octanol–water partition coefficient (Wildman–Crippen LogP) is 4.54. The number of nitrogens with one attached hydrogen (secondary N) is 2. The number of carbonyl (C=O) groups is 1. The molecule has 0 bridgehead atoms. The van der Waals surface area contributed by atoms with Crippen molar-refractivity contribution in [3.8, 4) is 0 Å². The summed E-state index contributed by atoms with van der Waals surface area (Å²) in [6.07, 6.45) is 0. The summed E-state index contributed by atoms with van der Waals surface area (Å²) in [5.74, 6) is 0. The number of hydrogen-bond acceptors (Lipinski definition) is 2. The normalized spacial score (nSPS) is 11.2. The van der Waals surface area contributed by atoms with E-state index in [0.717, 1.165) is 11.1 Å². The van der Waals surface area contributed by atoms with Crippen LogP contribution >= 0.6 is 23.2 Å². The minimum absolute atomic E-state index is 0.338. The minimum atomic E-state index is -0.878. The van der Waals surface area contributed by atoms with E-state index in [1.165, 1.54) is 0 Å². The van der Waals surface area contributed by atoms with Gasteiger partial charge >= 0.3 is 6.03 Å². The van der Waals surface area contributed by atoms with Crippen molar-refractivity contribution in [2.24, 2.45) is 0 Å². The highest BCUT2D eigenvalue weighted by Crippen LogP contribution is 2.25. The standard InChI is InChI=1S/C17H18Cl2N2O2/c1-17(2,23)12-5-3-11(4-6-12)10-20-16(22)21-13-7-8-14(18)15(19)9-13/h3-9,23H,10H2,1-2H3,(H2,20,21,22). The summed E-state index contributed by atoms with van der Waals surface area (Å²) in [6.45, 7) is 3.83. The molecule has 0 radical (unpaired) electrons. The number of benzene rings is 2. The van der Waals surface area contributed by atoms with Crippen molar-refractivity contribution in [2.75, 3.05) is 5.32 Å². The molecule has 0 aromatic heterocycles. The van der Waals surface area contributed by atoms with Gasteiger partial charge in [-0.05, 0) is 43.2 Å². The first-order valence-electron chi connectivity index (χ1n) is 7.07. The Morgan fingerprint density at radius 1 is 1.09 bits per heavy atom. The summed E-state index contributed by atoms with van der Waals surface area (Å²) in [5, 5.41) is 16.2. The molecule has 4 nitrogen and oxygen atoms in total. The first-order valence-corrected chi connectivity index (χ1v) is 7.83. The maximum absolute atomic E-state index is 11.9. The van der Waals surface area contributed by atoms with Gasteiger partial charge in [0.25, 0.3) is 0 Å². The van der Waals surface area contributed by atoms with E-state index in [-0.39, 0.29) is 6.03 Å². The molecule has 0 saturated heterocycles. The fourth-order valence-electron chi connectivity index (χ4n) is 1.96. The van der Waals surface area contributed by atoms with Crippen LogP contribution in [0.5, 0.6) is 0 Å². The van der Waals surface area contributed by atoms with E-state index in [1.54, 1.807) is 32.0 Å². The summed E-state index contributed by atoms with van der Waals surface area (Å²) < 4.78 is 0. The summed E-state index contributed by atoms with van der Waals surface area (Å²) in [4.78, 5) is 11.9. The van der Waals surface area contributed by atoms with Crippen LogP contribution in [0.3, 0.4) is 0 Å². The van der Waals surface area contributed by atoms with E-state index in [9.17, 15) is 9.90 Å². The third-order valence-electron chi connectivity index (χ3n) is 3.29. The summed E-state index contributed by atoms with van der Waals surface area (Å²) in [5.41, 5.74) is 1.44. The van der Waals surface area contributed by atoms with Gasteiger partial charge in [0.05, 0.1) is 15.6 Å². The molecule has 2 aromatic carbocycles. The fraction of sp³-hybridized carbons (Fsp3) is 0.235. The van der Waals surface area contributed by atoms with Gasteiger partial charge in [0.1, 0.15) is 0 Å². The largest absolute Gasteiger partial charge is 0.386 e.